The van der Waals surface area contributed by atoms with Crippen molar-refractivity contribution in [3.8, 4) is 0 Å². The van der Waals surface area contributed by atoms with Gasteiger partial charge in [-0.3, -0.25) is 9.59 Å². The van der Waals surface area contributed by atoms with Crippen LogP contribution in [-0.4, -0.2) is 47.6 Å². The number of aliphatic hydroxyl groups excluding tert-OH is 2. The largest absolute Gasteiger partial charge is 0.463 e. The Labute approximate surface area is 308 Å². The van der Waals surface area contributed by atoms with Gasteiger partial charge in [0.1, 0.15) is 19.3 Å². The number of unbranched alkanes of at least 4 members (excludes halogenated alkanes) is 17. The fourth-order valence-electron chi connectivity index (χ4n) is 5.67. The van der Waals surface area contributed by atoms with Gasteiger partial charge in [-0.1, -0.05) is 185 Å². The van der Waals surface area contributed by atoms with Crippen molar-refractivity contribution >= 4 is 11.9 Å². The Kier molecular flexibility index (Phi) is 36.4. The highest BCUT2D eigenvalue weighted by Gasteiger charge is 2.12. The minimum Gasteiger partial charge on any atom is -0.463 e. The molecule has 6 nitrogen and oxygen atoms in total. The quantitative estimate of drug-likeness (QED) is 0.0292. The van der Waals surface area contributed by atoms with E-state index in [9.17, 15) is 19.8 Å². The zero-order chi connectivity index (χ0) is 36.8. The van der Waals surface area contributed by atoms with Crippen LogP contribution in [0.5, 0.6) is 0 Å². The van der Waals surface area contributed by atoms with E-state index in [1.54, 1.807) is 0 Å². The van der Waals surface area contributed by atoms with E-state index in [1.807, 2.05) is 18.2 Å². The van der Waals surface area contributed by atoms with Gasteiger partial charge in [0.15, 0.2) is 0 Å². The van der Waals surface area contributed by atoms with Crippen molar-refractivity contribution in [3.63, 3.8) is 0 Å². The van der Waals surface area contributed by atoms with Gasteiger partial charge in [0.05, 0.1) is 6.10 Å². The summed E-state index contributed by atoms with van der Waals surface area (Å²) in [5, 5.41) is 19.9. The van der Waals surface area contributed by atoms with E-state index >= 15 is 0 Å². The number of ether oxygens (including phenoxy) is 2. The maximum atomic E-state index is 12.0. The van der Waals surface area contributed by atoms with E-state index in [1.165, 1.54) is 89.9 Å². The number of allylic oxidation sites excluding steroid dienone is 7. The van der Waals surface area contributed by atoms with Gasteiger partial charge in [-0.2, -0.15) is 0 Å². The van der Waals surface area contributed by atoms with E-state index < -0.39 is 6.10 Å². The minimum atomic E-state index is -0.998. The maximum Gasteiger partial charge on any atom is 0.305 e. The molecule has 50 heavy (non-hydrogen) atoms. The normalized spacial score (nSPS) is 13.4. The van der Waals surface area contributed by atoms with Crippen LogP contribution in [0.15, 0.2) is 48.6 Å². The molecule has 0 aromatic rings. The molecule has 0 bridgehead atoms. The van der Waals surface area contributed by atoms with Crippen LogP contribution in [-0.2, 0) is 19.1 Å². The summed E-state index contributed by atoms with van der Waals surface area (Å²) in [7, 11) is 0. The molecule has 0 aromatic carbocycles. The minimum absolute atomic E-state index is 0.143. The molecule has 2 N–H and O–H groups in total. The molecular formula is C44H78O6. The molecule has 290 valence electrons. The lowest BCUT2D eigenvalue weighted by molar-refractivity contribution is -0.152. The molecule has 0 aliphatic rings. The molecule has 0 saturated heterocycles. The zero-order valence-corrected chi connectivity index (χ0v) is 32.7. The Morgan fingerprint density at radius 1 is 0.540 bits per heavy atom. The third-order valence-corrected chi connectivity index (χ3v) is 8.85. The van der Waals surface area contributed by atoms with Crippen molar-refractivity contribution in [1.29, 1.82) is 0 Å². The summed E-state index contributed by atoms with van der Waals surface area (Å²) in [5.74, 6) is 0.198. The molecule has 0 aliphatic carbocycles. The topological polar surface area (TPSA) is 93.1 Å². The van der Waals surface area contributed by atoms with Crippen LogP contribution in [0, 0.1) is 5.92 Å². The van der Waals surface area contributed by atoms with Gasteiger partial charge >= 0.3 is 11.9 Å². The predicted octanol–water partition coefficient (Wildman–Crippen LogP) is 11.8. The van der Waals surface area contributed by atoms with Crippen molar-refractivity contribution in [2.75, 3.05) is 13.2 Å². The standard InChI is InChI=1S/C44H78O6/c1-4-5-28-34-41(45)35-30-25-21-17-13-11-15-19-23-27-32-37-44(48)50-39-42(46)38-49-43(47)36-31-26-22-18-14-10-8-6-7-9-12-16-20-24-29-33-40(2)3/h11,13,19,21,23,25,30,35,40-42,45-46H,4-10,12,14-18,20,22,24,26-29,31-34,36-39H2,1-3H3/b13-11-,23-19-,25-21-,35-30+/t41-,42-/m1/s1. The van der Waals surface area contributed by atoms with Crippen molar-refractivity contribution in [2.45, 2.75) is 200 Å². The van der Waals surface area contributed by atoms with E-state index in [2.05, 4.69) is 51.2 Å². The Balaban J connectivity index is 3.55. The van der Waals surface area contributed by atoms with Crippen LogP contribution in [0.4, 0.5) is 0 Å². The lowest BCUT2D eigenvalue weighted by Crippen LogP contribution is -2.25. The third-order valence-electron chi connectivity index (χ3n) is 8.85. The van der Waals surface area contributed by atoms with E-state index in [0.29, 0.717) is 12.8 Å². The van der Waals surface area contributed by atoms with Gasteiger partial charge in [-0.05, 0) is 44.4 Å². The van der Waals surface area contributed by atoms with Gasteiger partial charge < -0.3 is 19.7 Å². The zero-order valence-electron chi connectivity index (χ0n) is 32.7. The van der Waals surface area contributed by atoms with Crippen LogP contribution in [0.1, 0.15) is 188 Å². The molecule has 0 heterocycles. The molecule has 0 saturated carbocycles. The molecule has 2 atom stereocenters. The number of esters is 2. The Morgan fingerprint density at radius 3 is 1.54 bits per heavy atom. The summed E-state index contributed by atoms with van der Waals surface area (Å²) < 4.78 is 10.3. The molecule has 0 amide bonds. The Bertz CT molecular complexity index is 874. The van der Waals surface area contributed by atoms with E-state index in [-0.39, 0.29) is 37.7 Å². The van der Waals surface area contributed by atoms with Gasteiger partial charge in [0.2, 0.25) is 0 Å². The van der Waals surface area contributed by atoms with Crippen molar-refractivity contribution in [1.82, 2.24) is 0 Å². The highest BCUT2D eigenvalue weighted by Crippen LogP contribution is 2.15. The SMILES string of the molecule is CCCCC[C@@H](O)/C=C/C=C\C/C=C\C/C=C\CCCC(=O)OC[C@H](O)COC(=O)CCCCCCCCCCCCCCCCCC(C)C. The maximum absolute atomic E-state index is 12.0. The smallest absolute Gasteiger partial charge is 0.305 e. The average Bonchev–Trinajstić information content (AvgIpc) is 3.09. The molecule has 0 radical (unpaired) electrons. The number of hydrogen-bond acceptors (Lipinski definition) is 6. The molecule has 0 fully saturated rings. The number of hydrogen-bond donors (Lipinski definition) is 2. The lowest BCUT2D eigenvalue weighted by Gasteiger charge is -2.12. The van der Waals surface area contributed by atoms with E-state index in [4.69, 9.17) is 9.47 Å². The first kappa shape index (κ1) is 47.8. The molecule has 0 aliphatic heterocycles. The summed E-state index contributed by atoms with van der Waals surface area (Å²) >= 11 is 0. The van der Waals surface area contributed by atoms with Crippen molar-refractivity contribution in [3.05, 3.63) is 48.6 Å². The fraction of sp³-hybridized carbons (Fsp3) is 0.773. The van der Waals surface area contributed by atoms with Gasteiger partial charge in [-0.15, -0.1) is 0 Å². The highest BCUT2D eigenvalue weighted by atomic mass is 16.6. The number of rotatable bonds is 36. The second-order valence-electron chi connectivity index (χ2n) is 14.4. The van der Waals surface area contributed by atoms with Gasteiger partial charge in [0, 0.05) is 12.8 Å². The second-order valence-corrected chi connectivity index (χ2v) is 14.4. The molecular weight excluding hydrogens is 624 g/mol. The van der Waals surface area contributed by atoms with Crippen LogP contribution in [0.2, 0.25) is 0 Å². The second kappa shape index (κ2) is 38.1. The third kappa shape index (κ3) is 38.6. The summed E-state index contributed by atoms with van der Waals surface area (Å²) in [6, 6.07) is 0. The molecule has 0 spiro atoms. The Hall–Kier alpha value is -2.18. The van der Waals surface area contributed by atoms with Gasteiger partial charge in [-0.25, -0.2) is 0 Å². The number of aliphatic hydroxyl groups is 2. The highest BCUT2D eigenvalue weighted by molar-refractivity contribution is 5.69. The first-order valence-electron chi connectivity index (χ1n) is 20.7. The van der Waals surface area contributed by atoms with Crippen LogP contribution >= 0.6 is 0 Å². The summed E-state index contributed by atoms with van der Waals surface area (Å²) in [6.45, 7) is 6.49. The molecule has 0 unspecified atom stereocenters. The number of carbonyl (C=O) groups is 2. The van der Waals surface area contributed by atoms with Gasteiger partial charge in [0.25, 0.3) is 0 Å². The van der Waals surface area contributed by atoms with E-state index in [0.717, 1.165) is 63.7 Å². The monoisotopic (exact) mass is 703 g/mol. The first-order valence-corrected chi connectivity index (χ1v) is 20.7. The summed E-state index contributed by atoms with van der Waals surface area (Å²) in [6.07, 6.45) is 43.6. The molecule has 6 heteroatoms. The fourth-order valence-corrected chi connectivity index (χ4v) is 5.67. The molecule has 0 aromatic heterocycles. The first-order chi connectivity index (χ1) is 24.3. The van der Waals surface area contributed by atoms with Crippen LogP contribution in [0.25, 0.3) is 0 Å². The Morgan fingerprint density at radius 2 is 1.00 bits per heavy atom. The number of carbonyl (C=O) groups excluding carboxylic acids is 2. The predicted molar refractivity (Wildman–Crippen MR) is 211 cm³/mol. The van der Waals surface area contributed by atoms with Crippen molar-refractivity contribution < 1.29 is 29.3 Å². The van der Waals surface area contributed by atoms with Crippen LogP contribution < -0.4 is 0 Å². The van der Waals surface area contributed by atoms with Crippen molar-refractivity contribution in [2.24, 2.45) is 5.92 Å². The molecule has 0 rings (SSSR count). The lowest BCUT2D eigenvalue weighted by atomic mass is 10.0. The summed E-state index contributed by atoms with van der Waals surface area (Å²) in [5.41, 5.74) is 0. The van der Waals surface area contributed by atoms with Crippen LogP contribution in [0.3, 0.4) is 0 Å². The average molecular weight is 703 g/mol. The summed E-state index contributed by atoms with van der Waals surface area (Å²) in [4.78, 5) is 23.9.